The van der Waals surface area contributed by atoms with Crippen LogP contribution in [0.15, 0.2) is 16.6 Å². The lowest BCUT2D eigenvalue weighted by molar-refractivity contribution is -0.121. The summed E-state index contributed by atoms with van der Waals surface area (Å²) in [5.74, 6) is 2.02. The van der Waals surface area contributed by atoms with Gasteiger partial charge in [-0.05, 0) is 48.4 Å². The number of benzene rings is 1. The highest BCUT2D eigenvalue weighted by Crippen LogP contribution is 2.36. The van der Waals surface area contributed by atoms with E-state index in [9.17, 15) is 4.79 Å². The van der Waals surface area contributed by atoms with E-state index in [1.165, 1.54) is 17.5 Å². The molecule has 1 fully saturated rings. The minimum Gasteiger partial charge on any atom is -0.493 e. The molecule has 1 saturated carbocycles. The third-order valence-corrected chi connectivity index (χ3v) is 4.38. The molecule has 0 bridgehead atoms. The lowest BCUT2D eigenvalue weighted by Gasteiger charge is -2.21. The van der Waals surface area contributed by atoms with Crippen molar-refractivity contribution in [3.63, 3.8) is 0 Å². The van der Waals surface area contributed by atoms with E-state index in [-0.39, 0.29) is 0 Å². The van der Waals surface area contributed by atoms with Gasteiger partial charge in [0.25, 0.3) is 0 Å². The maximum Gasteiger partial charge on any atom is 0.133 e. The first-order chi connectivity index (χ1) is 8.72. The SMILES string of the molecule is O=C1CCCC(Cc2cc(Br)cc3c2OCC3)C1. The highest BCUT2D eigenvalue weighted by atomic mass is 79.9. The highest BCUT2D eigenvalue weighted by Gasteiger charge is 2.23. The molecule has 1 heterocycles. The van der Waals surface area contributed by atoms with Gasteiger partial charge in [0.15, 0.2) is 0 Å². The largest absolute Gasteiger partial charge is 0.493 e. The van der Waals surface area contributed by atoms with Gasteiger partial charge in [-0.1, -0.05) is 15.9 Å². The molecular formula is C15H17BrO2. The average molecular weight is 309 g/mol. The zero-order valence-corrected chi connectivity index (χ0v) is 12.0. The molecule has 1 unspecified atom stereocenters. The molecule has 1 atom stereocenters. The van der Waals surface area contributed by atoms with Crippen LogP contribution in [-0.4, -0.2) is 12.4 Å². The van der Waals surface area contributed by atoms with Gasteiger partial charge in [0.05, 0.1) is 6.61 Å². The van der Waals surface area contributed by atoms with E-state index in [0.29, 0.717) is 11.7 Å². The number of rotatable bonds is 2. The molecule has 1 aliphatic heterocycles. The van der Waals surface area contributed by atoms with E-state index < -0.39 is 0 Å². The van der Waals surface area contributed by atoms with Crippen LogP contribution in [0.1, 0.15) is 36.8 Å². The summed E-state index contributed by atoms with van der Waals surface area (Å²) in [5.41, 5.74) is 2.58. The molecule has 0 radical (unpaired) electrons. The van der Waals surface area contributed by atoms with Crippen molar-refractivity contribution < 1.29 is 9.53 Å². The van der Waals surface area contributed by atoms with E-state index in [1.807, 2.05) is 0 Å². The molecule has 3 heteroatoms. The molecule has 2 nitrogen and oxygen atoms in total. The first kappa shape index (κ1) is 12.2. The number of ketones is 1. The fourth-order valence-electron chi connectivity index (χ4n) is 3.10. The van der Waals surface area contributed by atoms with Gasteiger partial charge in [-0.25, -0.2) is 0 Å². The van der Waals surface area contributed by atoms with Gasteiger partial charge in [-0.15, -0.1) is 0 Å². The summed E-state index contributed by atoms with van der Waals surface area (Å²) in [7, 11) is 0. The maximum atomic E-state index is 11.5. The third-order valence-electron chi connectivity index (χ3n) is 3.92. The summed E-state index contributed by atoms with van der Waals surface area (Å²) in [4.78, 5) is 11.5. The molecule has 1 aliphatic carbocycles. The Bertz CT molecular complexity index is 482. The second kappa shape index (κ2) is 5.04. The summed E-state index contributed by atoms with van der Waals surface area (Å²) < 4.78 is 6.88. The average Bonchev–Trinajstić information content (AvgIpc) is 2.77. The van der Waals surface area contributed by atoms with Crippen LogP contribution in [0.5, 0.6) is 5.75 Å². The van der Waals surface area contributed by atoms with E-state index in [1.54, 1.807) is 0 Å². The first-order valence-corrected chi connectivity index (χ1v) is 7.47. The third kappa shape index (κ3) is 2.46. The van der Waals surface area contributed by atoms with E-state index in [2.05, 4.69) is 28.1 Å². The predicted molar refractivity (Wildman–Crippen MR) is 74.0 cm³/mol. The summed E-state index contributed by atoms with van der Waals surface area (Å²) in [6.07, 6.45) is 5.75. The number of carbonyl (C=O) groups excluding carboxylic acids is 1. The smallest absolute Gasteiger partial charge is 0.133 e. The molecule has 1 aromatic rings. The number of Topliss-reactive ketones (excluding diaryl/α,β-unsaturated/α-hetero) is 1. The van der Waals surface area contributed by atoms with E-state index in [4.69, 9.17) is 4.74 Å². The molecule has 0 N–H and O–H groups in total. The van der Waals surface area contributed by atoms with Crippen molar-refractivity contribution in [3.05, 3.63) is 27.7 Å². The van der Waals surface area contributed by atoms with Crippen LogP contribution in [0.4, 0.5) is 0 Å². The van der Waals surface area contributed by atoms with Gasteiger partial charge < -0.3 is 4.74 Å². The topological polar surface area (TPSA) is 26.3 Å². The molecule has 0 aromatic heterocycles. The molecule has 18 heavy (non-hydrogen) atoms. The fourth-order valence-corrected chi connectivity index (χ4v) is 3.65. The summed E-state index contributed by atoms with van der Waals surface area (Å²) >= 11 is 3.57. The standard InChI is InChI=1S/C15H17BrO2/c16-13-8-11-4-5-18-15(11)12(9-13)6-10-2-1-3-14(17)7-10/h8-10H,1-7H2. The Labute approximate surface area is 116 Å². The fraction of sp³-hybridized carbons (Fsp3) is 0.533. The van der Waals surface area contributed by atoms with Crippen LogP contribution in [0, 0.1) is 5.92 Å². The summed E-state index contributed by atoms with van der Waals surface area (Å²) in [6, 6.07) is 4.31. The second-order valence-corrected chi connectivity index (χ2v) is 6.27. The Balaban J connectivity index is 1.82. The monoisotopic (exact) mass is 308 g/mol. The van der Waals surface area contributed by atoms with Crippen molar-refractivity contribution in [1.29, 1.82) is 0 Å². The number of ether oxygens (including phenoxy) is 1. The number of hydrogen-bond donors (Lipinski definition) is 0. The van der Waals surface area contributed by atoms with Crippen LogP contribution in [-0.2, 0) is 17.6 Å². The van der Waals surface area contributed by atoms with Crippen LogP contribution < -0.4 is 4.74 Å². The molecule has 0 amide bonds. The molecule has 0 saturated heterocycles. The minimum atomic E-state index is 0.429. The van der Waals surface area contributed by atoms with Crippen molar-refractivity contribution >= 4 is 21.7 Å². The zero-order chi connectivity index (χ0) is 12.5. The van der Waals surface area contributed by atoms with E-state index >= 15 is 0 Å². The minimum absolute atomic E-state index is 0.429. The molecular weight excluding hydrogens is 292 g/mol. The predicted octanol–water partition coefficient (Wildman–Crippen LogP) is 3.69. The summed E-state index contributed by atoms with van der Waals surface area (Å²) in [5, 5.41) is 0. The zero-order valence-electron chi connectivity index (χ0n) is 10.4. The van der Waals surface area contributed by atoms with E-state index in [0.717, 1.165) is 48.9 Å². The van der Waals surface area contributed by atoms with Gasteiger partial charge in [0.2, 0.25) is 0 Å². The van der Waals surface area contributed by atoms with Crippen molar-refractivity contribution in [2.24, 2.45) is 5.92 Å². The van der Waals surface area contributed by atoms with Crippen LogP contribution in [0.25, 0.3) is 0 Å². The summed E-state index contributed by atoms with van der Waals surface area (Å²) in [6.45, 7) is 0.794. The van der Waals surface area contributed by atoms with Crippen molar-refractivity contribution in [1.82, 2.24) is 0 Å². The quantitative estimate of drug-likeness (QED) is 0.833. The van der Waals surface area contributed by atoms with Gasteiger partial charge in [-0.3, -0.25) is 4.79 Å². The molecule has 2 aliphatic rings. The van der Waals surface area contributed by atoms with Crippen molar-refractivity contribution in [2.45, 2.75) is 38.5 Å². The normalized spacial score (nSPS) is 22.7. The van der Waals surface area contributed by atoms with Gasteiger partial charge in [-0.2, -0.15) is 0 Å². The Morgan fingerprint density at radius 2 is 2.22 bits per heavy atom. The van der Waals surface area contributed by atoms with Gasteiger partial charge in [0, 0.05) is 23.7 Å². The number of fused-ring (bicyclic) bond motifs is 1. The Hall–Kier alpha value is -0.830. The van der Waals surface area contributed by atoms with Crippen molar-refractivity contribution in [2.75, 3.05) is 6.61 Å². The molecule has 1 aromatic carbocycles. The number of halogens is 1. The maximum absolute atomic E-state index is 11.5. The molecule has 3 rings (SSSR count). The Morgan fingerprint density at radius 3 is 3.06 bits per heavy atom. The molecule has 0 spiro atoms. The van der Waals surface area contributed by atoms with Gasteiger partial charge >= 0.3 is 0 Å². The molecule has 96 valence electrons. The van der Waals surface area contributed by atoms with Crippen molar-refractivity contribution in [3.8, 4) is 5.75 Å². The number of carbonyl (C=O) groups is 1. The second-order valence-electron chi connectivity index (χ2n) is 5.36. The van der Waals surface area contributed by atoms with Crippen LogP contribution in [0.2, 0.25) is 0 Å². The lowest BCUT2D eigenvalue weighted by Crippen LogP contribution is -2.17. The Kier molecular flexibility index (Phi) is 3.42. The van der Waals surface area contributed by atoms with Gasteiger partial charge in [0.1, 0.15) is 11.5 Å². The number of hydrogen-bond acceptors (Lipinski definition) is 2. The lowest BCUT2D eigenvalue weighted by atomic mass is 9.83. The van der Waals surface area contributed by atoms with Crippen LogP contribution >= 0.6 is 15.9 Å². The van der Waals surface area contributed by atoms with Crippen LogP contribution in [0.3, 0.4) is 0 Å². The highest BCUT2D eigenvalue weighted by molar-refractivity contribution is 9.10. The first-order valence-electron chi connectivity index (χ1n) is 6.68. The Morgan fingerprint density at radius 1 is 1.33 bits per heavy atom.